The predicted octanol–water partition coefficient (Wildman–Crippen LogP) is 16.9. The van der Waals surface area contributed by atoms with Crippen molar-refractivity contribution < 1.29 is 15.0 Å². The molecule has 0 aromatic rings. The summed E-state index contributed by atoms with van der Waals surface area (Å²) >= 11 is 0. The molecule has 2 atom stereocenters. The van der Waals surface area contributed by atoms with Crippen LogP contribution in [0.1, 0.15) is 219 Å². The van der Waals surface area contributed by atoms with E-state index < -0.39 is 12.1 Å². The molecule has 0 saturated heterocycles. The molecule has 0 aliphatic heterocycles. The molecule has 4 heteroatoms. The SMILES string of the molecule is CC/C=C\C/C=C\C/C=C\C/C=C\C/C=C\C/C=C\C/C=C\C/C=C\C/C=C\CCCCCCCCCC(=O)NC(CO)C(O)/C=C/CCCCCCCCCCCCCCC. The van der Waals surface area contributed by atoms with E-state index in [2.05, 4.69) is 129 Å². The van der Waals surface area contributed by atoms with Gasteiger partial charge >= 0.3 is 0 Å². The summed E-state index contributed by atoms with van der Waals surface area (Å²) in [5.41, 5.74) is 0. The van der Waals surface area contributed by atoms with Gasteiger partial charge in [0.1, 0.15) is 0 Å². The Hall–Kier alpha value is -3.21. The highest BCUT2D eigenvalue weighted by Gasteiger charge is 2.17. The molecule has 4 nitrogen and oxygen atoms in total. The van der Waals surface area contributed by atoms with E-state index in [0.717, 1.165) is 96.3 Å². The maximum absolute atomic E-state index is 12.4. The Labute approximate surface area is 384 Å². The first-order valence-electron chi connectivity index (χ1n) is 25.7. The Morgan fingerprint density at radius 1 is 0.403 bits per heavy atom. The van der Waals surface area contributed by atoms with Crippen molar-refractivity contribution in [2.24, 2.45) is 0 Å². The minimum absolute atomic E-state index is 0.0806. The molecule has 0 aliphatic rings. The van der Waals surface area contributed by atoms with E-state index in [1.807, 2.05) is 6.08 Å². The number of aliphatic hydroxyl groups is 2. The molecule has 0 fully saturated rings. The molecule has 0 rings (SSSR count). The van der Waals surface area contributed by atoms with Crippen LogP contribution in [0.3, 0.4) is 0 Å². The van der Waals surface area contributed by atoms with Crippen LogP contribution in [0.5, 0.6) is 0 Å². The molecular formula is C58H97NO3. The van der Waals surface area contributed by atoms with Gasteiger partial charge in [-0.05, 0) is 89.9 Å². The fourth-order valence-electron chi connectivity index (χ4n) is 7.05. The van der Waals surface area contributed by atoms with Gasteiger partial charge < -0.3 is 15.5 Å². The minimum atomic E-state index is -0.852. The van der Waals surface area contributed by atoms with Crippen LogP contribution in [0.15, 0.2) is 122 Å². The summed E-state index contributed by atoms with van der Waals surface area (Å²) in [6, 6.07) is -0.636. The molecule has 352 valence electrons. The Bertz CT molecular complexity index is 1240. The number of hydrogen-bond donors (Lipinski definition) is 3. The molecule has 1 amide bonds. The average Bonchev–Trinajstić information content (AvgIpc) is 3.28. The van der Waals surface area contributed by atoms with Crippen LogP contribution in [-0.4, -0.2) is 34.9 Å². The second-order valence-electron chi connectivity index (χ2n) is 16.9. The molecule has 62 heavy (non-hydrogen) atoms. The van der Waals surface area contributed by atoms with Gasteiger partial charge in [0.25, 0.3) is 0 Å². The highest BCUT2D eigenvalue weighted by Crippen LogP contribution is 2.14. The summed E-state index contributed by atoms with van der Waals surface area (Å²) < 4.78 is 0. The van der Waals surface area contributed by atoms with Gasteiger partial charge in [-0.25, -0.2) is 0 Å². The van der Waals surface area contributed by atoms with Crippen LogP contribution in [0.25, 0.3) is 0 Å². The van der Waals surface area contributed by atoms with Crippen molar-refractivity contribution in [3.63, 3.8) is 0 Å². The molecule has 0 saturated carbocycles. The van der Waals surface area contributed by atoms with Gasteiger partial charge in [0.05, 0.1) is 18.8 Å². The number of carbonyl (C=O) groups is 1. The molecule has 0 heterocycles. The summed E-state index contributed by atoms with van der Waals surface area (Å²) in [6.45, 7) is 4.18. The van der Waals surface area contributed by atoms with Gasteiger partial charge in [-0.15, -0.1) is 0 Å². The van der Waals surface area contributed by atoms with Crippen molar-refractivity contribution in [3.8, 4) is 0 Å². The second kappa shape index (κ2) is 52.1. The minimum Gasteiger partial charge on any atom is -0.394 e. The van der Waals surface area contributed by atoms with Crippen LogP contribution < -0.4 is 5.32 Å². The normalized spacial score (nSPS) is 13.9. The molecular weight excluding hydrogens is 759 g/mol. The van der Waals surface area contributed by atoms with E-state index in [4.69, 9.17) is 0 Å². The van der Waals surface area contributed by atoms with E-state index in [9.17, 15) is 15.0 Å². The summed E-state index contributed by atoms with van der Waals surface area (Å²) in [7, 11) is 0. The molecule has 0 aliphatic carbocycles. The number of rotatable bonds is 45. The van der Waals surface area contributed by atoms with Crippen LogP contribution in [0, 0.1) is 0 Å². The van der Waals surface area contributed by atoms with Crippen molar-refractivity contribution in [1.29, 1.82) is 0 Å². The van der Waals surface area contributed by atoms with Crippen LogP contribution >= 0.6 is 0 Å². The lowest BCUT2D eigenvalue weighted by molar-refractivity contribution is -0.123. The monoisotopic (exact) mass is 856 g/mol. The first kappa shape index (κ1) is 58.8. The molecule has 2 unspecified atom stereocenters. The van der Waals surface area contributed by atoms with E-state index in [1.165, 1.54) is 103 Å². The van der Waals surface area contributed by atoms with Gasteiger partial charge in [0.15, 0.2) is 0 Å². The summed E-state index contributed by atoms with van der Waals surface area (Å²) in [4.78, 5) is 12.4. The lowest BCUT2D eigenvalue weighted by atomic mass is 10.0. The summed E-state index contributed by atoms with van der Waals surface area (Å²) in [6.07, 6.45) is 80.4. The smallest absolute Gasteiger partial charge is 0.220 e. The first-order valence-corrected chi connectivity index (χ1v) is 25.7. The number of allylic oxidation sites excluding steroid dienone is 19. The Kier molecular flexibility index (Phi) is 49.4. The Balaban J connectivity index is 3.66. The van der Waals surface area contributed by atoms with Crippen molar-refractivity contribution >= 4 is 5.91 Å². The van der Waals surface area contributed by atoms with Crippen LogP contribution in [0.2, 0.25) is 0 Å². The molecule has 0 spiro atoms. The topological polar surface area (TPSA) is 69.6 Å². The number of hydrogen-bond acceptors (Lipinski definition) is 3. The first-order chi connectivity index (χ1) is 30.7. The average molecular weight is 856 g/mol. The third-order valence-electron chi connectivity index (χ3n) is 11.0. The van der Waals surface area contributed by atoms with E-state index in [0.29, 0.717) is 6.42 Å². The molecule has 0 aromatic heterocycles. The Morgan fingerprint density at radius 2 is 0.710 bits per heavy atom. The van der Waals surface area contributed by atoms with Crippen LogP contribution in [-0.2, 0) is 4.79 Å². The molecule has 0 aromatic carbocycles. The van der Waals surface area contributed by atoms with E-state index in [1.54, 1.807) is 6.08 Å². The fourth-order valence-corrected chi connectivity index (χ4v) is 7.05. The van der Waals surface area contributed by atoms with Gasteiger partial charge in [0.2, 0.25) is 5.91 Å². The second-order valence-corrected chi connectivity index (χ2v) is 16.9. The maximum atomic E-state index is 12.4. The highest BCUT2D eigenvalue weighted by molar-refractivity contribution is 5.76. The summed E-state index contributed by atoms with van der Waals surface area (Å²) in [5.74, 6) is -0.0806. The fraction of sp³-hybridized carbons (Fsp3) is 0.638. The van der Waals surface area contributed by atoms with Gasteiger partial charge in [-0.1, -0.05) is 245 Å². The lowest BCUT2D eigenvalue weighted by Crippen LogP contribution is -2.45. The lowest BCUT2D eigenvalue weighted by Gasteiger charge is -2.20. The molecule has 0 radical (unpaired) electrons. The van der Waals surface area contributed by atoms with Crippen molar-refractivity contribution in [2.75, 3.05) is 6.61 Å². The number of carbonyl (C=O) groups excluding carboxylic acids is 1. The number of aliphatic hydroxyl groups excluding tert-OH is 2. The van der Waals surface area contributed by atoms with E-state index >= 15 is 0 Å². The maximum Gasteiger partial charge on any atom is 0.220 e. The third-order valence-corrected chi connectivity index (χ3v) is 11.0. The van der Waals surface area contributed by atoms with Gasteiger partial charge in [-0.2, -0.15) is 0 Å². The van der Waals surface area contributed by atoms with Crippen molar-refractivity contribution in [3.05, 3.63) is 122 Å². The third kappa shape index (κ3) is 47.8. The highest BCUT2D eigenvalue weighted by atomic mass is 16.3. The Morgan fingerprint density at radius 3 is 1.06 bits per heavy atom. The van der Waals surface area contributed by atoms with Gasteiger partial charge in [-0.3, -0.25) is 4.79 Å². The van der Waals surface area contributed by atoms with Crippen molar-refractivity contribution in [1.82, 2.24) is 5.32 Å². The zero-order valence-corrected chi connectivity index (χ0v) is 40.3. The van der Waals surface area contributed by atoms with Crippen molar-refractivity contribution in [2.45, 2.75) is 231 Å². The zero-order chi connectivity index (χ0) is 44.9. The number of amides is 1. The van der Waals surface area contributed by atoms with E-state index in [-0.39, 0.29) is 12.5 Å². The largest absolute Gasteiger partial charge is 0.394 e. The zero-order valence-electron chi connectivity index (χ0n) is 40.3. The molecule has 3 N–H and O–H groups in total. The quantitative estimate of drug-likeness (QED) is 0.0422. The number of unbranched alkanes of at least 4 members (excludes halogenated alkanes) is 20. The standard InChI is InChI=1S/C58H97NO3/c1-3-5-7-9-11-13-15-17-19-20-21-22-23-24-25-26-27-28-29-30-31-32-33-34-35-36-37-38-40-42-44-46-48-50-52-54-58(62)59-56(55-60)57(61)53-51-49-47-45-43-41-39-18-16-14-12-10-8-6-4-2/h5,7,11,13,17,19,21-22,24-25,27-28,30-31,33-34,36-37,51,53,56-57,60-61H,3-4,6,8-10,12,14-16,18,20,23,26,29,32,35,38-50,52,54-55H2,1-2H3,(H,59,62)/b7-5-,13-11-,19-17-,22-21-,25-24-,28-27-,31-30-,34-33-,37-36-,53-51+. The van der Waals surface area contributed by atoms with Crippen LogP contribution in [0.4, 0.5) is 0 Å². The summed E-state index contributed by atoms with van der Waals surface area (Å²) in [5, 5.41) is 23.1. The van der Waals surface area contributed by atoms with Gasteiger partial charge in [0, 0.05) is 6.42 Å². The number of nitrogens with one attached hydrogen (secondary N) is 1. The molecule has 0 bridgehead atoms. The predicted molar refractivity (Wildman–Crippen MR) is 276 cm³/mol.